The van der Waals surface area contributed by atoms with Crippen LogP contribution in [0.15, 0.2) is 54.9 Å². The number of nitrogens with one attached hydrogen (secondary N) is 1. The van der Waals surface area contributed by atoms with Crippen molar-refractivity contribution in [2.45, 2.75) is 19.4 Å². The van der Waals surface area contributed by atoms with E-state index >= 15 is 0 Å². The highest BCUT2D eigenvalue weighted by atomic mass is 19.1. The zero-order valence-corrected chi connectivity index (χ0v) is 11.8. The standard InChI is InChI=1S/C17H16FN3/c1-12(9-13-5-4-6-14(18)10-13)21-17-15-7-2-3-8-16(15)19-11-20-17/h2-8,10-12H,9H2,1H3,(H,19,20,21). The van der Waals surface area contributed by atoms with Gasteiger partial charge in [0.25, 0.3) is 0 Å². The summed E-state index contributed by atoms with van der Waals surface area (Å²) < 4.78 is 13.2. The monoisotopic (exact) mass is 281 g/mol. The number of hydrogen-bond acceptors (Lipinski definition) is 3. The number of para-hydroxylation sites is 1. The summed E-state index contributed by atoms with van der Waals surface area (Å²) in [6.07, 6.45) is 2.29. The molecule has 0 fully saturated rings. The van der Waals surface area contributed by atoms with Crippen LogP contribution in [0.1, 0.15) is 12.5 Å². The molecule has 1 aromatic heterocycles. The van der Waals surface area contributed by atoms with Gasteiger partial charge in [-0.15, -0.1) is 0 Å². The molecule has 0 spiro atoms. The van der Waals surface area contributed by atoms with Gasteiger partial charge in [-0.05, 0) is 43.2 Å². The molecule has 0 radical (unpaired) electrons. The molecule has 0 aliphatic rings. The number of aromatic nitrogens is 2. The zero-order valence-electron chi connectivity index (χ0n) is 11.8. The summed E-state index contributed by atoms with van der Waals surface area (Å²) in [5.41, 5.74) is 1.88. The molecular formula is C17H16FN3. The number of rotatable bonds is 4. The van der Waals surface area contributed by atoms with E-state index in [1.165, 1.54) is 6.07 Å². The largest absolute Gasteiger partial charge is 0.367 e. The van der Waals surface area contributed by atoms with Crippen LogP contribution in [0.2, 0.25) is 0 Å². The van der Waals surface area contributed by atoms with Crippen LogP contribution in [0.4, 0.5) is 10.2 Å². The van der Waals surface area contributed by atoms with E-state index in [0.717, 1.165) is 28.7 Å². The lowest BCUT2D eigenvalue weighted by Gasteiger charge is -2.15. The molecule has 0 saturated carbocycles. The second-order valence-corrected chi connectivity index (χ2v) is 5.12. The van der Waals surface area contributed by atoms with E-state index in [-0.39, 0.29) is 11.9 Å². The van der Waals surface area contributed by atoms with Crippen molar-refractivity contribution in [1.29, 1.82) is 0 Å². The molecule has 2 aromatic carbocycles. The van der Waals surface area contributed by atoms with Crippen LogP contribution in [0.5, 0.6) is 0 Å². The van der Waals surface area contributed by atoms with E-state index in [0.29, 0.717) is 0 Å². The van der Waals surface area contributed by atoms with E-state index in [1.807, 2.05) is 30.3 Å². The van der Waals surface area contributed by atoms with Gasteiger partial charge in [0.05, 0.1) is 5.52 Å². The first-order valence-electron chi connectivity index (χ1n) is 6.93. The van der Waals surface area contributed by atoms with Crippen molar-refractivity contribution >= 4 is 16.7 Å². The predicted molar refractivity (Wildman–Crippen MR) is 82.7 cm³/mol. The van der Waals surface area contributed by atoms with Gasteiger partial charge in [0.2, 0.25) is 0 Å². The van der Waals surface area contributed by atoms with Gasteiger partial charge in [-0.1, -0.05) is 24.3 Å². The first kappa shape index (κ1) is 13.5. The Labute approximate surface area is 122 Å². The summed E-state index contributed by atoms with van der Waals surface area (Å²) in [5, 5.41) is 4.37. The van der Waals surface area contributed by atoms with Crippen molar-refractivity contribution in [2.24, 2.45) is 0 Å². The van der Waals surface area contributed by atoms with Gasteiger partial charge in [0, 0.05) is 11.4 Å². The minimum absolute atomic E-state index is 0.144. The summed E-state index contributed by atoms with van der Waals surface area (Å²) in [7, 11) is 0. The van der Waals surface area contributed by atoms with E-state index in [4.69, 9.17) is 0 Å². The SMILES string of the molecule is CC(Cc1cccc(F)c1)Nc1ncnc2ccccc12. The molecule has 0 aliphatic heterocycles. The van der Waals surface area contributed by atoms with Crippen molar-refractivity contribution in [2.75, 3.05) is 5.32 Å². The molecule has 21 heavy (non-hydrogen) atoms. The molecule has 0 aliphatic carbocycles. The van der Waals surface area contributed by atoms with Gasteiger partial charge in [-0.2, -0.15) is 0 Å². The fourth-order valence-corrected chi connectivity index (χ4v) is 2.42. The molecule has 0 bridgehead atoms. The predicted octanol–water partition coefficient (Wildman–Crippen LogP) is 3.81. The van der Waals surface area contributed by atoms with Gasteiger partial charge >= 0.3 is 0 Å². The Hall–Kier alpha value is -2.49. The van der Waals surface area contributed by atoms with E-state index < -0.39 is 0 Å². The van der Waals surface area contributed by atoms with Gasteiger partial charge in [-0.3, -0.25) is 0 Å². The maximum absolute atomic E-state index is 13.2. The summed E-state index contributed by atoms with van der Waals surface area (Å²) in [5.74, 6) is 0.608. The number of fused-ring (bicyclic) bond motifs is 1. The van der Waals surface area contributed by atoms with Crippen LogP contribution < -0.4 is 5.32 Å². The average Bonchev–Trinajstić information content (AvgIpc) is 2.47. The highest BCUT2D eigenvalue weighted by molar-refractivity contribution is 5.88. The van der Waals surface area contributed by atoms with Gasteiger partial charge in [-0.25, -0.2) is 14.4 Å². The smallest absolute Gasteiger partial charge is 0.137 e. The van der Waals surface area contributed by atoms with Gasteiger partial charge in [0.1, 0.15) is 18.0 Å². The third kappa shape index (κ3) is 3.16. The first-order chi connectivity index (χ1) is 10.2. The fraction of sp³-hybridized carbons (Fsp3) is 0.176. The van der Waals surface area contributed by atoms with Crippen LogP contribution in [-0.4, -0.2) is 16.0 Å². The molecule has 1 atom stereocenters. The van der Waals surface area contributed by atoms with E-state index in [1.54, 1.807) is 18.5 Å². The average molecular weight is 281 g/mol. The van der Waals surface area contributed by atoms with Crippen LogP contribution in [0.25, 0.3) is 10.9 Å². The second kappa shape index (κ2) is 5.87. The molecule has 0 saturated heterocycles. The Morgan fingerprint density at radius 3 is 2.81 bits per heavy atom. The highest BCUT2D eigenvalue weighted by Crippen LogP contribution is 2.19. The maximum atomic E-state index is 13.2. The third-order valence-corrected chi connectivity index (χ3v) is 3.36. The minimum atomic E-state index is -0.202. The summed E-state index contributed by atoms with van der Waals surface area (Å²) in [6, 6.07) is 14.7. The first-order valence-corrected chi connectivity index (χ1v) is 6.93. The molecule has 4 heteroatoms. The van der Waals surface area contributed by atoms with Crippen molar-refractivity contribution < 1.29 is 4.39 Å². The van der Waals surface area contributed by atoms with Gasteiger partial charge in [0.15, 0.2) is 0 Å². The lowest BCUT2D eigenvalue weighted by Crippen LogP contribution is -2.19. The minimum Gasteiger partial charge on any atom is -0.367 e. The fourth-order valence-electron chi connectivity index (χ4n) is 2.42. The summed E-state index contributed by atoms with van der Waals surface area (Å²) in [4.78, 5) is 8.55. The number of nitrogens with zero attached hydrogens (tertiary/aromatic N) is 2. The van der Waals surface area contributed by atoms with Crippen molar-refractivity contribution in [1.82, 2.24) is 9.97 Å². The molecule has 1 unspecified atom stereocenters. The second-order valence-electron chi connectivity index (χ2n) is 5.12. The Bertz CT molecular complexity index is 752. The maximum Gasteiger partial charge on any atom is 0.137 e. The normalized spacial score (nSPS) is 12.3. The van der Waals surface area contributed by atoms with Crippen molar-refractivity contribution in [3.05, 3.63) is 66.2 Å². The highest BCUT2D eigenvalue weighted by Gasteiger charge is 2.08. The Kier molecular flexibility index (Phi) is 3.77. The third-order valence-electron chi connectivity index (χ3n) is 3.36. The Morgan fingerprint density at radius 2 is 1.95 bits per heavy atom. The number of anilines is 1. The molecule has 0 amide bonds. The quantitative estimate of drug-likeness (QED) is 0.790. The van der Waals surface area contributed by atoms with Crippen LogP contribution in [-0.2, 0) is 6.42 Å². The number of halogens is 1. The molecule has 3 rings (SSSR count). The van der Waals surface area contributed by atoms with Gasteiger partial charge < -0.3 is 5.32 Å². The lowest BCUT2D eigenvalue weighted by atomic mass is 10.1. The molecule has 3 aromatic rings. The molecule has 106 valence electrons. The molecular weight excluding hydrogens is 265 g/mol. The van der Waals surface area contributed by atoms with Crippen molar-refractivity contribution in [3.8, 4) is 0 Å². The molecule has 1 heterocycles. The topological polar surface area (TPSA) is 37.8 Å². The zero-order chi connectivity index (χ0) is 14.7. The van der Waals surface area contributed by atoms with E-state index in [9.17, 15) is 4.39 Å². The number of benzene rings is 2. The number of hydrogen-bond donors (Lipinski definition) is 1. The van der Waals surface area contributed by atoms with E-state index in [2.05, 4.69) is 22.2 Å². The summed E-state index contributed by atoms with van der Waals surface area (Å²) >= 11 is 0. The molecule has 3 nitrogen and oxygen atoms in total. The Morgan fingerprint density at radius 1 is 1.10 bits per heavy atom. The van der Waals surface area contributed by atoms with Crippen LogP contribution in [0.3, 0.4) is 0 Å². The molecule has 1 N–H and O–H groups in total. The lowest BCUT2D eigenvalue weighted by molar-refractivity contribution is 0.624. The van der Waals surface area contributed by atoms with Crippen LogP contribution in [0, 0.1) is 5.82 Å². The van der Waals surface area contributed by atoms with Crippen molar-refractivity contribution in [3.63, 3.8) is 0 Å². The summed E-state index contributed by atoms with van der Waals surface area (Å²) in [6.45, 7) is 2.06. The Balaban J connectivity index is 1.79. The van der Waals surface area contributed by atoms with Crippen LogP contribution >= 0.6 is 0 Å².